The molecule has 0 aromatic rings. The lowest BCUT2D eigenvalue weighted by Gasteiger charge is -2.31. The molecule has 3 heteroatoms. The molecule has 74 valence electrons. The van der Waals surface area contributed by atoms with E-state index in [1.54, 1.807) is 0 Å². The van der Waals surface area contributed by atoms with Crippen molar-refractivity contribution in [2.45, 2.75) is 32.1 Å². The zero-order chi connectivity index (χ0) is 9.31. The Kier molecular flexibility index (Phi) is 2.28. The largest absolute Gasteiger partial charge is 0.369 e. The van der Waals surface area contributed by atoms with Crippen molar-refractivity contribution in [2.24, 2.45) is 17.1 Å². The van der Waals surface area contributed by atoms with Crippen molar-refractivity contribution in [1.29, 1.82) is 0 Å². The highest BCUT2D eigenvalue weighted by atomic mass is 16.1. The molecule has 3 nitrogen and oxygen atoms in total. The van der Waals surface area contributed by atoms with Gasteiger partial charge in [-0.2, -0.15) is 0 Å². The van der Waals surface area contributed by atoms with Gasteiger partial charge in [-0.25, -0.2) is 0 Å². The van der Waals surface area contributed by atoms with Crippen LogP contribution >= 0.6 is 0 Å². The predicted molar refractivity (Wildman–Crippen MR) is 51.1 cm³/mol. The highest BCUT2D eigenvalue weighted by molar-refractivity contribution is 5.81. The summed E-state index contributed by atoms with van der Waals surface area (Å²) < 4.78 is 0. The average molecular weight is 182 g/mol. The van der Waals surface area contributed by atoms with Gasteiger partial charge in [-0.3, -0.25) is 4.79 Å². The van der Waals surface area contributed by atoms with Crippen LogP contribution in [0.4, 0.5) is 0 Å². The van der Waals surface area contributed by atoms with Crippen molar-refractivity contribution in [2.75, 3.05) is 13.1 Å². The van der Waals surface area contributed by atoms with Crippen molar-refractivity contribution < 1.29 is 4.79 Å². The summed E-state index contributed by atoms with van der Waals surface area (Å²) in [7, 11) is 0. The molecule has 2 aliphatic rings. The van der Waals surface area contributed by atoms with E-state index in [1.807, 2.05) is 0 Å². The normalized spacial score (nSPS) is 32.2. The first kappa shape index (κ1) is 9.00. The van der Waals surface area contributed by atoms with Crippen molar-refractivity contribution in [3.8, 4) is 0 Å². The van der Waals surface area contributed by atoms with Crippen molar-refractivity contribution in [3.05, 3.63) is 0 Å². The van der Waals surface area contributed by atoms with E-state index in [0.717, 1.165) is 32.4 Å². The van der Waals surface area contributed by atoms with E-state index in [0.29, 0.717) is 5.92 Å². The minimum atomic E-state index is -0.149. The number of nitrogens with two attached hydrogens (primary N) is 1. The minimum Gasteiger partial charge on any atom is -0.369 e. The van der Waals surface area contributed by atoms with Crippen LogP contribution in [0.1, 0.15) is 32.1 Å². The maximum Gasteiger partial charge on any atom is 0.223 e. The molecule has 1 aliphatic heterocycles. The Hall–Kier alpha value is -0.570. The summed E-state index contributed by atoms with van der Waals surface area (Å²) in [5, 5.41) is 3.32. The second kappa shape index (κ2) is 3.29. The summed E-state index contributed by atoms with van der Waals surface area (Å²) in [5.74, 6) is 0.450. The monoisotopic (exact) mass is 182 g/mol. The molecule has 1 saturated carbocycles. The second-order valence-corrected chi connectivity index (χ2v) is 4.42. The lowest BCUT2D eigenvalue weighted by atomic mass is 9.73. The lowest BCUT2D eigenvalue weighted by molar-refractivity contribution is -0.130. The summed E-state index contributed by atoms with van der Waals surface area (Å²) in [6, 6.07) is 0. The van der Waals surface area contributed by atoms with Gasteiger partial charge in [0.25, 0.3) is 0 Å². The molecule has 1 amide bonds. The van der Waals surface area contributed by atoms with Gasteiger partial charge in [-0.1, -0.05) is 12.8 Å². The van der Waals surface area contributed by atoms with Gasteiger partial charge in [0.2, 0.25) is 5.91 Å². The zero-order valence-electron chi connectivity index (χ0n) is 8.01. The van der Waals surface area contributed by atoms with Gasteiger partial charge < -0.3 is 11.1 Å². The van der Waals surface area contributed by atoms with E-state index in [4.69, 9.17) is 5.73 Å². The quantitative estimate of drug-likeness (QED) is 0.658. The van der Waals surface area contributed by atoms with Crippen LogP contribution < -0.4 is 11.1 Å². The molecule has 0 aromatic heterocycles. The van der Waals surface area contributed by atoms with Crippen LogP contribution in [-0.2, 0) is 4.79 Å². The molecular formula is C10H18N2O. The van der Waals surface area contributed by atoms with E-state index in [2.05, 4.69) is 5.32 Å². The Bertz CT molecular complexity index is 203. The third kappa shape index (κ3) is 1.35. The first-order valence-corrected chi connectivity index (χ1v) is 5.26. The van der Waals surface area contributed by atoms with Gasteiger partial charge in [-0.15, -0.1) is 0 Å². The Morgan fingerprint density at radius 1 is 1.38 bits per heavy atom. The first-order chi connectivity index (χ1) is 6.26. The Balaban J connectivity index is 2.16. The van der Waals surface area contributed by atoms with E-state index in [1.165, 1.54) is 12.8 Å². The fourth-order valence-corrected chi connectivity index (χ4v) is 2.99. The lowest BCUT2D eigenvalue weighted by Crippen LogP contribution is -2.42. The van der Waals surface area contributed by atoms with Crippen molar-refractivity contribution in [1.82, 2.24) is 5.32 Å². The summed E-state index contributed by atoms with van der Waals surface area (Å²) in [4.78, 5) is 11.5. The van der Waals surface area contributed by atoms with Crippen LogP contribution in [-0.4, -0.2) is 19.0 Å². The van der Waals surface area contributed by atoms with Crippen LogP contribution in [0.5, 0.6) is 0 Å². The van der Waals surface area contributed by atoms with Crippen LogP contribution in [0.2, 0.25) is 0 Å². The summed E-state index contributed by atoms with van der Waals surface area (Å²) in [6.07, 6.45) is 5.53. The second-order valence-electron chi connectivity index (χ2n) is 4.42. The molecule has 2 fully saturated rings. The standard InChI is InChI=1S/C10H18N2O/c11-9(13)10(4-1-2-5-10)8-3-6-12-7-8/h8,12H,1-7H2,(H2,11,13). The van der Waals surface area contributed by atoms with E-state index < -0.39 is 0 Å². The van der Waals surface area contributed by atoms with Crippen LogP contribution in [0.3, 0.4) is 0 Å². The predicted octanol–water partition coefficient (Wildman–Crippen LogP) is 0.642. The number of nitrogens with one attached hydrogen (secondary N) is 1. The Labute approximate surface area is 79.1 Å². The van der Waals surface area contributed by atoms with Crippen LogP contribution in [0.15, 0.2) is 0 Å². The molecule has 1 heterocycles. The van der Waals surface area contributed by atoms with Gasteiger partial charge in [0.05, 0.1) is 5.41 Å². The summed E-state index contributed by atoms with van der Waals surface area (Å²) in [6.45, 7) is 2.04. The molecule has 13 heavy (non-hydrogen) atoms. The van der Waals surface area contributed by atoms with Crippen LogP contribution in [0, 0.1) is 11.3 Å². The number of primary amides is 1. The molecule has 3 N–H and O–H groups in total. The van der Waals surface area contributed by atoms with Gasteiger partial charge in [0.1, 0.15) is 0 Å². The number of carbonyl (C=O) groups is 1. The van der Waals surface area contributed by atoms with E-state index >= 15 is 0 Å². The van der Waals surface area contributed by atoms with Gasteiger partial charge in [-0.05, 0) is 38.3 Å². The van der Waals surface area contributed by atoms with E-state index in [-0.39, 0.29) is 11.3 Å². The number of amides is 1. The molecule has 1 saturated heterocycles. The van der Waals surface area contributed by atoms with Crippen molar-refractivity contribution >= 4 is 5.91 Å². The number of hydrogen-bond acceptors (Lipinski definition) is 2. The summed E-state index contributed by atoms with van der Waals surface area (Å²) >= 11 is 0. The number of rotatable bonds is 2. The molecule has 1 unspecified atom stereocenters. The Morgan fingerprint density at radius 3 is 2.54 bits per heavy atom. The van der Waals surface area contributed by atoms with Gasteiger partial charge in [0.15, 0.2) is 0 Å². The molecule has 1 aliphatic carbocycles. The highest BCUT2D eigenvalue weighted by Gasteiger charge is 2.46. The van der Waals surface area contributed by atoms with E-state index in [9.17, 15) is 4.79 Å². The smallest absolute Gasteiger partial charge is 0.223 e. The number of carbonyl (C=O) groups excluding carboxylic acids is 1. The minimum absolute atomic E-state index is 0.0568. The SMILES string of the molecule is NC(=O)C1(C2CCNC2)CCCC1. The average Bonchev–Trinajstić information content (AvgIpc) is 2.75. The maximum atomic E-state index is 11.5. The third-order valence-corrected chi connectivity index (χ3v) is 3.83. The summed E-state index contributed by atoms with van der Waals surface area (Å²) in [5.41, 5.74) is 5.40. The molecule has 0 spiro atoms. The van der Waals surface area contributed by atoms with Gasteiger partial charge >= 0.3 is 0 Å². The molecule has 0 bridgehead atoms. The molecule has 2 rings (SSSR count). The zero-order valence-corrected chi connectivity index (χ0v) is 8.01. The molecular weight excluding hydrogens is 164 g/mol. The topological polar surface area (TPSA) is 55.1 Å². The number of hydrogen-bond donors (Lipinski definition) is 2. The van der Waals surface area contributed by atoms with Gasteiger partial charge in [0, 0.05) is 0 Å². The molecule has 0 aromatic carbocycles. The maximum absolute atomic E-state index is 11.5. The Morgan fingerprint density at radius 2 is 2.08 bits per heavy atom. The van der Waals surface area contributed by atoms with Crippen molar-refractivity contribution in [3.63, 3.8) is 0 Å². The molecule has 1 atom stereocenters. The third-order valence-electron chi connectivity index (χ3n) is 3.83. The first-order valence-electron chi connectivity index (χ1n) is 5.26. The fraction of sp³-hybridized carbons (Fsp3) is 0.900. The highest BCUT2D eigenvalue weighted by Crippen LogP contribution is 2.46. The fourth-order valence-electron chi connectivity index (χ4n) is 2.99. The van der Waals surface area contributed by atoms with Crippen LogP contribution in [0.25, 0.3) is 0 Å². The molecule has 0 radical (unpaired) electrons.